The number of carbonyl (C=O) groups is 1. The number of fused-ring (bicyclic) bond motifs is 1. The fraction of sp³-hybridized carbons (Fsp3) is 0.357. The van der Waals surface area contributed by atoms with E-state index in [1.165, 1.54) is 6.26 Å². The highest BCUT2D eigenvalue weighted by Crippen LogP contribution is 2.34. The fourth-order valence-corrected chi connectivity index (χ4v) is 1.62. The van der Waals surface area contributed by atoms with Crippen molar-refractivity contribution in [2.24, 2.45) is 0 Å². The number of benzene rings is 1. The molecule has 0 bridgehead atoms. The number of hydrogen-bond acceptors (Lipinski definition) is 4. The second-order valence-electron chi connectivity index (χ2n) is 4.07. The second-order valence-corrected chi connectivity index (χ2v) is 4.07. The second kappa shape index (κ2) is 5.58. The van der Waals surface area contributed by atoms with Crippen molar-refractivity contribution in [2.75, 3.05) is 6.79 Å². The van der Waals surface area contributed by atoms with E-state index in [-0.39, 0.29) is 18.7 Å². The Hall–Kier alpha value is -1.97. The average Bonchev–Trinajstić information content (AvgIpc) is 2.85. The minimum atomic E-state index is -0.232. The molecule has 0 saturated heterocycles. The third kappa shape index (κ3) is 2.83. The summed E-state index contributed by atoms with van der Waals surface area (Å²) in [7, 11) is 0. The first-order valence-corrected chi connectivity index (χ1v) is 5.96. The molecule has 0 amide bonds. The molecule has 4 heteroatoms. The molecule has 96 valence electrons. The van der Waals surface area contributed by atoms with Crippen molar-refractivity contribution in [1.29, 1.82) is 0 Å². The highest BCUT2D eigenvalue weighted by atomic mass is 16.7. The van der Waals surface area contributed by atoms with Gasteiger partial charge in [0, 0.05) is 12.3 Å². The van der Waals surface area contributed by atoms with Crippen molar-refractivity contribution in [3.8, 4) is 11.5 Å². The summed E-state index contributed by atoms with van der Waals surface area (Å²) in [5.41, 5.74) is 1.09. The van der Waals surface area contributed by atoms with Crippen LogP contribution in [-0.2, 0) is 9.53 Å². The summed E-state index contributed by atoms with van der Waals surface area (Å²) in [6, 6.07) is 5.81. The van der Waals surface area contributed by atoms with Gasteiger partial charge < -0.3 is 14.2 Å². The van der Waals surface area contributed by atoms with E-state index in [0.717, 1.165) is 17.1 Å². The van der Waals surface area contributed by atoms with Gasteiger partial charge in [0.2, 0.25) is 6.79 Å². The molecule has 1 aromatic carbocycles. The third-order valence-electron chi connectivity index (χ3n) is 2.78. The lowest BCUT2D eigenvalue weighted by Crippen LogP contribution is -1.96. The van der Waals surface area contributed by atoms with E-state index >= 15 is 0 Å². The molecule has 0 saturated carbocycles. The molecular formula is C14H16O4. The van der Waals surface area contributed by atoms with Gasteiger partial charge in [0.1, 0.15) is 0 Å². The molecule has 0 N–H and O–H groups in total. The maximum absolute atomic E-state index is 11.0. The first-order valence-electron chi connectivity index (χ1n) is 5.96. The minimum absolute atomic E-state index is 0.143. The normalized spacial score (nSPS) is 14.8. The summed E-state index contributed by atoms with van der Waals surface area (Å²) in [6.07, 6.45) is 3.66. The number of esters is 1. The number of rotatable bonds is 4. The van der Waals surface area contributed by atoms with Crippen molar-refractivity contribution in [2.45, 2.75) is 26.2 Å². The highest BCUT2D eigenvalue weighted by Gasteiger charge is 2.14. The third-order valence-corrected chi connectivity index (χ3v) is 2.78. The lowest BCUT2D eigenvalue weighted by atomic mass is 10.0. The molecule has 1 aliphatic rings. The molecule has 0 aliphatic carbocycles. The van der Waals surface area contributed by atoms with E-state index in [0.29, 0.717) is 6.42 Å². The largest absolute Gasteiger partial charge is 0.454 e. The van der Waals surface area contributed by atoms with Crippen LogP contribution < -0.4 is 9.47 Å². The van der Waals surface area contributed by atoms with Gasteiger partial charge in [0.25, 0.3) is 0 Å². The molecule has 0 aromatic heterocycles. The Morgan fingerprint density at radius 1 is 1.44 bits per heavy atom. The van der Waals surface area contributed by atoms with Crippen molar-refractivity contribution >= 4 is 5.97 Å². The van der Waals surface area contributed by atoms with E-state index < -0.39 is 0 Å². The average molecular weight is 248 g/mol. The lowest BCUT2D eigenvalue weighted by Gasteiger charge is -2.07. The quantitative estimate of drug-likeness (QED) is 0.607. The number of allylic oxidation sites excluding steroid dienone is 1. The van der Waals surface area contributed by atoms with E-state index in [4.69, 9.17) is 14.2 Å². The van der Waals surface area contributed by atoms with Gasteiger partial charge in [-0.1, -0.05) is 19.9 Å². The molecule has 1 aliphatic heterocycles. The summed E-state index contributed by atoms with van der Waals surface area (Å²) < 4.78 is 15.5. The Balaban J connectivity index is 2.00. The number of hydrogen-bond donors (Lipinski definition) is 0. The molecule has 0 radical (unpaired) electrons. The van der Waals surface area contributed by atoms with Crippen molar-refractivity contribution in [3.05, 3.63) is 36.1 Å². The summed E-state index contributed by atoms with van der Waals surface area (Å²) in [5, 5.41) is 0. The summed E-state index contributed by atoms with van der Waals surface area (Å²) >= 11 is 0. The summed E-state index contributed by atoms with van der Waals surface area (Å²) in [6.45, 7) is 4.06. The molecule has 1 atom stereocenters. The van der Waals surface area contributed by atoms with Crippen molar-refractivity contribution in [1.82, 2.24) is 0 Å². The Labute approximate surface area is 106 Å². The minimum Gasteiger partial charge on any atom is -0.454 e. The van der Waals surface area contributed by atoms with Crippen LogP contribution in [0, 0.1) is 0 Å². The van der Waals surface area contributed by atoms with Gasteiger partial charge in [0.05, 0.1) is 6.26 Å². The Morgan fingerprint density at radius 2 is 2.22 bits per heavy atom. The molecule has 1 unspecified atom stereocenters. The maximum atomic E-state index is 11.0. The van der Waals surface area contributed by atoms with Gasteiger partial charge in [-0.25, -0.2) is 0 Å². The summed E-state index contributed by atoms with van der Waals surface area (Å²) in [4.78, 5) is 11.0. The van der Waals surface area contributed by atoms with E-state index in [9.17, 15) is 4.79 Å². The lowest BCUT2D eigenvalue weighted by molar-refractivity contribution is -0.137. The van der Waals surface area contributed by atoms with Crippen LogP contribution in [0.15, 0.2) is 30.5 Å². The highest BCUT2D eigenvalue weighted by molar-refractivity contribution is 5.69. The molecule has 1 heterocycles. The maximum Gasteiger partial charge on any atom is 0.310 e. The zero-order chi connectivity index (χ0) is 13.0. The van der Waals surface area contributed by atoms with E-state index in [1.807, 2.05) is 31.2 Å². The van der Waals surface area contributed by atoms with Crippen molar-refractivity contribution < 1.29 is 19.0 Å². The molecule has 4 nitrogen and oxygen atoms in total. The van der Waals surface area contributed by atoms with Crippen LogP contribution in [0.5, 0.6) is 11.5 Å². The van der Waals surface area contributed by atoms with Crippen LogP contribution in [0.4, 0.5) is 0 Å². The van der Waals surface area contributed by atoms with Gasteiger partial charge in [-0.2, -0.15) is 0 Å². The monoisotopic (exact) mass is 248 g/mol. The Bertz CT molecular complexity index is 465. The molecule has 0 fully saturated rings. The predicted octanol–water partition coefficient (Wildman–Crippen LogP) is 2.99. The van der Waals surface area contributed by atoms with E-state index in [2.05, 4.69) is 0 Å². The standard InChI is InChI=1S/C14H16O4/c1-3-14(15)16-7-6-10(2)11-4-5-12-13(8-11)18-9-17-12/h4-8,10H,3,9H2,1-2H3. The van der Waals surface area contributed by atoms with Crippen LogP contribution >= 0.6 is 0 Å². The molecule has 0 spiro atoms. The van der Waals surface area contributed by atoms with E-state index in [1.54, 1.807) is 6.92 Å². The van der Waals surface area contributed by atoms with Crippen molar-refractivity contribution in [3.63, 3.8) is 0 Å². The molecular weight excluding hydrogens is 232 g/mol. The molecule has 18 heavy (non-hydrogen) atoms. The Morgan fingerprint density at radius 3 is 3.00 bits per heavy atom. The Kier molecular flexibility index (Phi) is 3.87. The number of ether oxygens (including phenoxy) is 3. The zero-order valence-electron chi connectivity index (χ0n) is 10.5. The smallest absolute Gasteiger partial charge is 0.310 e. The molecule has 2 rings (SSSR count). The van der Waals surface area contributed by atoms with Crippen LogP contribution in [0.1, 0.15) is 31.7 Å². The van der Waals surface area contributed by atoms with Crippen LogP contribution in [0.3, 0.4) is 0 Å². The topological polar surface area (TPSA) is 44.8 Å². The first kappa shape index (κ1) is 12.5. The van der Waals surface area contributed by atoms with Gasteiger partial charge in [-0.05, 0) is 23.8 Å². The van der Waals surface area contributed by atoms with Gasteiger partial charge in [-0.15, -0.1) is 0 Å². The van der Waals surface area contributed by atoms with Crippen LogP contribution in [-0.4, -0.2) is 12.8 Å². The first-order chi connectivity index (χ1) is 8.70. The van der Waals surface area contributed by atoms with Gasteiger partial charge in [0.15, 0.2) is 11.5 Å². The van der Waals surface area contributed by atoms with Crippen LogP contribution in [0.25, 0.3) is 0 Å². The zero-order valence-corrected chi connectivity index (χ0v) is 10.5. The van der Waals surface area contributed by atoms with Gasteiger partial charge >= 0.3 is 5.97 Å². The predicted molar refractivity (Wildman–Crippen MR) is 66.5 cm³/mol. The molecule has 1 aromatic rings. The summed E-state index contributed by atoms with van der Waals surface area (Å²) in [5.74, 6) is 1.44. The SMILES string of the molecule is CCC(=O)OC=CC(C)c1ccc2c(c1)OCO2. The fourth-order valence-electron chi connectivity index (χ4n) is 1.62. The van der Waals surface area contributed by atoms with Gasteiger partial charge in [-0.3, -0.25) is 4.79 Å². The van der Waals surface area contributed by atoms with Crippen LogP contribution in [0.2, 0.25) is 0 Å². The number of carbonyl (C=O) groups excluding carboxylic acids is 1.